The van der Waals surface area contributed by atoms with Crippen molar-refractivity contribution in [1.82, 2.24) is 14.5 Å². The predicted molar refractivity (Wildman–Crippen MR) is 110 cm³/mol. The summed E-state index contributed by atoms with van der Waals surface area (Å²) in [5.41, 5.74) is 0. The van der Waals surface area contributed by atoms with Crippen LogP contribution in [0.15, 0.2) is 33.9 Å². The number of thiophene rings is 2. The van der Waals surface area contributed by atoms with E-state index in [9.17, 15) is 13.2 Å². The molecule has 2 aromatic heterocycles. The molecule has 1 atom stereocenters. The van der Waals surface area contributed by atoms with Crippen LogP contribution in [0, 0.1) is 0 Å². The van der Waals surface area contributed by atoms with Crippen molar-refractivity contribution >= 4 is 50.2 Å². The van der Waals surface area contributed by atoms with Crippen molar-refractivity contribution in [3.63, 3.8) is 0 Å². The second kappa shape index (κ2) is 9.02. The standard InChI is InChI=1S/C17H22ClN3O3S3/c1-20(27(23,24)17-7-6-15(18)26-17)12-16(22)19-11-13(14-5-4-10-25-14)21-8-2-3-9-21/h4-7,10,13H,2-3,8-9,11-12H2,1H3,(H,19,22). The van der Waals surface area contributed by atoms with Crippen LogP contribution in [0.3, 0.4) is 0 Å². The SMILES string of the molecule is CN(CC(=O)NCC(c1cccs1)N1CCCC1)S(=O)(=O)c1ccc(Cl)s1. The van der Waals surface area contributed by atoms with E-state index in [0.29, 0.717) is 10.9 Å². The van der Waals surface area contributed by atoms with E-state index in [1.807, 2.05) is 11.4 Å². The van der Waals surface area contributed by atoms with Crippen molar-refractivity contribution in [3.8, 4) is 0 Å². The number of carbonyl (C=O) groups is 1. The lowest BCUT2D eigenvalue weighted by Crippen LogP contribution is -2.42. The fourth-order valence-electron chi connectivity index (χ4n) is 3.09. The molecule has 2 aromatic rings. The zero-order valence-corrected chi connectivity index (χ0v) is 18.1. The van der Waals surface area contributed by atoms with Crippen LogP contribution in [0.5, 0.6) is 0 Å². The molecule has 0 aromatic carbocycles. The summed E-state index contributed by atoms with van der Waals surface area (Å²) in [5.74, 6) is -0.315. The van der Waals surface area contributed by atoms with E-state index in [2.05, 4.69) is 16.3 Å². The summed E-state index contributed by atoms with van der Waals surface area (Å²) in [7, 11) is -2.31. The van der Waals surface area contributed by atoms with Crippen molar-refractivity contribution in [2.24, 2.45) is 0 Å². The van der Waals surface area contributed by atoms with Crippen LogP contribution in [0.25, 0.3) is 0 Å². The summed E-state index contributed by atoms with van der Waals surface area (Å²) >= 11 is 8.48. The normalized spacial score (nSPS) is 16.7. The number of nitrogens with one attached hydrogen (secondary N) is 1. The highest BCUT2D eigenvalue weighted by atomic mass is 35.5. The summed E-state index contributed by atoms with van der Waals surface area (Å²) in [6.07, 6.45) is 2.33. The van der Waals surface area contributed by atoms with Gasteiger partial charge in [-0.2, -0.15) is 4.31 Å². The minimum atomic E-state index is -3.71. The highest BCUT2D eigenvalue weighted by Gasteiger charge is 2.27. The number of hydrogen-bond acceptors (Lipinski definition) is 6. The molecular weight excluding hydrogens is 426 g/mol. The van der Waals surface area contributed by atoms with Crippen molar-refractivity contribution < 1.29 is 13.2 Å². The molecule has 1 unspecified atom stereocenters. The van der Waals surface area contributed by atoms with Crippen LogP contribution in [-0.4, -0.2) is 56.8 Å². The Morgan fingerprint density at radius 2 is 2.07 bits per heavy atom. The largest absolute Gasteiger partial charge is 0.353 e. The van der Waals surface area contributed by atoms with Gasteiger partial charge in [-0.15, -0.1) is 22.7 Å². The molecule has 1 amide bonds. The number of hydrogen-bond donors (Lipinski definition) is 1. The van der Waals surface area contributed by atoms with Gasteiger partial charge in [0.15, 0.2) is 0 Å². The first-order chi connectivity index (χ1) is 12.9. The van der Waals surface area contributed by atoms with E-state index in [4.69, 9.17) is 11.6 Å². The molecule has 0 spiro atoms. The van der Waals surface area contributed by atoms with Crippen molar-refractivity contribution in [2.75, 3.05) is 33.2 Å². The quantitative estimate of drug-likeness (QED) is 0.675. The monoisotopic (exact) mass is 447 g/mol. The summed E-state index contributed by atoms with van der Waals surface area (Å²) in [6.45, 7) is 2.28. The molecule has 0 bridgehead atoms. The Hall–Kier alpha value is -0.970. The van der Waals surface area contributed by atoms with Gasteiger partial charge < -0.3 is 5.32 Å². The molecule has 1 fully saturated rings. The van der Waals surface area contributed by atoms with Crippen LogP contribution in [0.4, 0.5) is 0 Å². The Labute approximate surface area is 172 Å². The van der Waals surface area contributed by atoms with Crippen LogP contribution >= 0.6 is 34.3 Å². The van der Waals surface area contributed by atoms with E-state index < -0.39 is 10.0 Å². The smallest absolute Gasteiger partial charge is 0.252 e. The van der Waals surface area contributed by atoms with E-state index in [1.165, 1.54) is 36.9 Å². The Kier molecular flexibility index (Phi) is 6.93. The van der Waals surface area contributed by atoms with Crippen LogP contribution in [0.1, 0.15) is 23.8 Å². The molecule has 3 heterocycles. The second-order valence-electron chi connectivity index (χ2n) is 6.40. The Morgan fingerprint density at radius 3 is 2.67 bits per heavy atom. The third-order valence-electron chi connectivity index (χ3n) is 4.52. The molecule has 0 radical (unpaired) electrons. The number of rotatable bonds is 8. The minimum Gasteiger partial charge on any atom is -0.353 e. The van der Waals surface area contributed by atoms with Crippen LogP contribution in [-0.2, 0) is 14.8 Å². The number of sulfonamides is 1. The highest BCUT2D eigenvalue weighted by molar-refractivity contribution is 7.91. The summed E-state index contributed by atoms with van der Waals surface area (Å²) in [6, 6.07) is 7.22. The minimum absolute atomic E-state index is 0.134. The van der Waals surface area contributed by atoms with Gasteiger partial charge in [0.25, 0.3) is 10.0 Å². The maximum atomic E-state index is 12.5. The zero-order valence-electron chi connectivity index (χ0n) is 14.9. The van der Waals surface area contributed by atoms with Gasteiger partial charge in [0.2, 0.25) is 5.91 Å². The molecule has 0 aliphatic carbocycles. The summed E-state index contributed by atoms with van der Waals surface area (Å²) in [4.78, 5) is 16.0. The van der Waals surface area contributed by atoms with Crippen molar-refractivity contribution in [3.05, 3.63) is 38.9 Å². The lowest BCUT2D eigenvalue weighted by Gasteiger charge is -2.27. The maximum Gasteiger partial charge on any atom is 0.252 e. The van der Waals surface area contributed by atoms with Crippen molar-refractivity contribution in [2.45, 2.75) is 23.1 Å². The van der Waals surface area contributed by atoms with E-state index >= 15 is 0 Å². The number of carbonyl (C=O) groups excluding carboxylic acids is 1. The van der Waals surface area contributed by atoms with Crippen molar-refractivity contribution in [1.29, 1.82) is 0 Å². The fourth-order valence-corrected chi connectivity index (χ4v) is 6.77. The number of nitrogens with zero attached hydrogens (tertiary/aromatic N) is 2. The van der Waals surface area contributed by atoms with Gasteiger partial charge in [-0.3, -0.25) is 9.69 Å². The third kappa shape index (κ3) is 5.10. The zero-order chi connectivity index (χ0) is 19.4. The van der Waals surface area contributed by atoms with E-state index in [1.54, 1.807) is 11.3 Å². The van der Waals surface area contributed by atoms with E-state index in [-0.39, 0.29) is 22.7 Å². The molecule has 0 saturated carbocycles. The lowest BCUT2D eigenvalue weighted by molar-refractivity contribution is -0.121. The first-order valence-corrected chi connectivity index (χ1v) is 12.1. The molecule has 10 heteroatoms. The van der Waals surface area contributed by atoms with Gasteiger partial charge in [-0.05, 0) is 49.5 Å². The Balaban J connectivity index is 1.59. The molecule has 1 aliphatic heterocycles. The first-order valence-electron chi connectivity index (χ1n) is 8.64. The molecule has 3 rings (SSSR count). The Bertz CT molecular complexity index is 861. The molecule has 6 nitrogen and oxygen atoms in total. The highest BCUT2D eigenvalue weighted by Crippen LogP contribution is 2.28. The number of halogens is 1. The first kappa shape index (κ1) is 20.8. The van der Waals surface area contributed by atoms with E-state index in [0.717, 1.165) is 28.7 Å². The molecule has 1 aliphatic rings. The summed E-state index contributed by atoms with van der Waals surface area (Å²) in [5, 5.41) is 4.94. The Morgan fingerprint density at radius 1 is 1.33 bits per heavy atom. The molecule has 1 saturated heterocycles. The van der Waals surface area contributed by atoms with Gasteiger partial charge in [0.1, 0.15) is 4.21 Å². The molecular formula is C17H22ClN3O3S3. The lowest BCUT2D eigenvalue weighted by atomic mass is 10.2. The van der Waals surface area contributed by atoms with Gasteiger partial charge in [-0.1, -0.05) is 17.7 Å². The number of likely N-dealkylation sites (tertiary alicyclic amines) is 1. The van der Waals surface area contributed by atoms with Gasteiger partial charge in [-0.25, -0.2) is 8.42 Å². The third-order valence-corrected chi connectivity index (χ3v) is 9.00. The summed E-state index contributed by atoms with van der Waals surface area (Å²) < 4.78 is 26.6. The maximum absolute atomic E-state index is 12.5. The topological polar surface area (TPSA) is 69.7 Å². The van der Waals surface area contributed by atoms with Crippen LogP contribution < -0.4 is 5.32 Å². The molecule has 27 heavy (non-hydrogen) atoms. The van der Waals surface area contributed by atoms with Gasteiger partial charge in [0.05, 0.1) is 16.9 Å². The number of likely N-dealkylation sites (N-methyl/N-ethyl adjacent to an activating group) is 1. The van der Waals surface area contributed by atoms with Gasteiger partial charge >= 0.3 is 0 Å². The van der Waals surface area contributed by atoms with Crippen LogP contribution in [0.2, 0.25) is 4.34 Å². The second-order valence-corrected chi connectivity index (χ2v) is 11.4. The van der Waals surface area contributed by atoms with Gasteiger partial charge in [0, 0.05) is 18.5 Å². The molecule has 1 N–H and O–H groups in total. The number of amides is 1. The molecule has 148 valence electrons. The fraction of sp³-hybridized carbons (Fsp3) is 0.471. The predicted octanol–water partition coefficient (Wildman–Crippen LogP) is 3.04. The average Bonchev–Trinajstić information content (AvgIpc) is 3.37. The average molecular weight is 448 g/mol.